The van der Waals surface area contributed by atoms with Crippen LogP contribution in [0, 0.1) is 0 Å². The number of carbonyl (C=O) groups is 3. The van der Waals surface area contributed by atoms with E-state index in [1.54, 1.807) is 36.1 Å². The van der Waals surface area contributed by atoms with Crippen molar-refractivity contribution in [3.8, 4) is 28.1 Å². The van der Waals surface area contributed by atoms with Gasteiger partial charge >= 0.3 is 0 Å². The van der Waals surface area contributed by atoms with Crippen LogP contribution < -0.4 is 20.7 Å². The SMILES string of the molecule is COc1cc(-c2nccc(-c3cccc(NC(=O)c4nc5c(n4C)CCN(C(=O)CN4CCOCC4)C5)c3Cl)c2Cl)ccc1CNCC1CCC(=O)N1. The Kier molecular flexibility index (Phi) is 11.3. The van der Waals surface area contributed by atoms with Gasteiger partial charge in [0.05, 0.1) is 60.5 Å². The summed E-state index contributed by atoms with van der Waals surface area (Å²) >= 11 is 14.0. The first-order valence-corrected chi connectivity index (χ1v) is 18.5. The van der Waals surface area contributed by atoms with Crippen LogP contribution in [0.15, 0.2) is 48.7 Å². The van der Waals surface area contributed by atoms with Gasteiger partial charge in [-0.3, -0.25) is 24.3 Å². The first-order chi connectivity index (χ1) is 25.7. The van der Waals surface area contributed by atoms with Crippen LogP contribution in [0.5, 0.6) is 5.75 Å². The van der Waals surface area contributed by atoms with E-state index >= 15 is 0 Å². The number of aromatic nitrogens is 3. The van der Waals surface area contributed by atoms with E-state index in [0.717, 1.165) is 42.0 Å². The molecular weight excluding hydrogens is 719 g/mol. The number of nitrogens with zero attached hydrogens (tertiary/aromatic N) is 5. The zero-order chi connectivity index (χ0) is 37.1. The maximum absolute atomic E-state index is 13.6. The van der Waals surface area contributed by atoms with E-state index in [0.29, 0.717) is 97.1 Å². The molecular formula is C38H42Cl2N8O5. The maximum atomic E-state index is 13.6. The van der Waals surface area contributed by atoms with Crippen LogP contribution in [0.2, 0.25) is 10.0 Å². The summed E-state index contributed by atoms with van der Waals surface area (Å²) in [4.78, 5) is 51.4. The van der Waals surface area contributed by atoms with Gasteiger partial charge in [0.1, 0.15) is 5.75 Å². The van der Waals surface area contributed by atoms with Gasteiger partial charge in [-0.1, -0.05) is 47.5 Å². The van der Waals surface area contributed by atoms with E-state index in [4.69, 9.17) is 32.7 Å². The van der Waals surface area contributed by atoms with Crippen LogP contribution >= 0.6 is 23.2 Å². The number of anilines is 1. The van der Waals surface area contributed by atoms with E-state index in [9.17, 15) is 14.4 Å². The van der Waals surface area contributed by atoms with Crippen molar-refractivity contribution in [2.45, 2.75) is 38.4 Å². The molecule has 0 radical (unpaired) electrons. The minimum atomic E-state index is -0.414. The molecule has 53 heavy (non-hydrogen) atoms. The van der Waals surface area contributed by atoms with E-state index in [1.165, 1.54) is 0 Å². The molecule has 278 valence electrons. The van der Waals surface area contributed by atoms with Gasteiger partial charge in [0, 0.05) is 92.8 Å². The average molecular weight is 762 g/mol. The highest BCUT2D eigenvalue weighted by atomic mass is 35.5. The fourth-order valence-corrected chi connectivity index (χ4v) is 7.71. The molecule has 3 amide bonds. The van der Waals surface area contributed by atoms with Crippen molar-refractivity contribution in [3.05, 3.63) is 81.5 Å². The minimum Gasteiger partial charge on any atom is -0.496 e. The fourth-order valence-electron chi connectivity index (χ4n) is 7.11. The Hall–Kier alpha value is -4.53. The molecule has 0 bridgehead atoms. The molecule has 2 saturated heterocycles. The molecule has 13 nitrogen and oxygen atoms in total. The molecule has 0 spiro atoms. The summed E-state index contributed by atoms with van der Waals surface area (Å²) in [5.41, 5.74) is 5.61. The molecule has 0 aliphatic carbocycles. The predicted octanol–water partition coefficient (Wildman–Crippen LogP) is 4.30. The number of methoxy groups -OCH3 is 1. The summed E-state index contributed by atoms with van der Waals surface area (Å²) < 4.78 is 12.9. The summed E-state index contributed by atoms with van der Waals surface area (Å²) in [7, 11) is 3.44. The Morgan fingerprint density at radius 1 is 1.06 bits per heavy atom. The van der Waals surface area contributed by atoms with Crippen molar-refractivity contribution in [3.63, 3.8) is 0 Å². The van der Waals surface area contributed by atoms with Crippen LogP contribution in [0.1, 0.15) is 40.4 Å². The first-order valence-electron chi connectivity index (χ1n) is 17.7. The molecule has 2 fully saturated rings. The van der Waals surface area contributed by atoms with Gasteiger partial charge in [0.2, 0.25) is 11.8 Å². The highest BCUT2D eigenvalue weighted by molar-refractivity contribution is 6.39. The van der Waals surface area contributed by atoms with Gasteiger partial charge in [-0.2, -0.15) is 0 Å². The number of benzene rings is 2. The van der Waals surface area contributed by atoms with Crippen molar-refractivity contribution in [2.75, 3.05) is 58.4 Å². The second kappa shape index (κ2) is 16.2. The monoisotopic (exact) mass is 760 g/mol. The van der Waals surface area contributed by atoms with Gasteiger partial charge in [-0.25, -0.2) is 4.98 Å². The lowest BCUT2D eigenvalue weighted by atomic mass is 10.0. The second-order valence-corrected chi connectivity index (χ2v) is 14.2. The van der Waals surface area contributed by atoms with Crippen molar-refractivity contribution >= 4 is 46.6 Å². The number of fused-ring (bicyclic) bond motifs is 1. The van der Waals surface area contributed by atoms with Gasteiger partial charge in [0.25, 0.3) is 5.91 Å². The van der Waals surface area contributed by atoms with E-state index in [-0.39, 0.29) is 23.7 Å². The molecule has 7 rings (SSSR count). The molecule has 15 heteroatoms. The Morgan fingerprint density at radius 3 is 2.64 bits per heavy atom. The van der Waals surface area contributed by atoms with Crippen molar-refractivity contribution in [1.82, 2.24) is 35.0 Å². The van der Waals surface area contributed by atoms with Crippen molar-refractivity contribution in [1.29, 1.82) is 0 Å². The number of rotatable bonds is 11. The molecule has 3 N–H and O–H groups in total. The van der Waals surface area contributed by atoms with Crippen LogP contribution in [0.25, 0.3) is 22.4 Å². The molecule has 5 heterocycles. The summed E-state index contributed by atoms with van der Waals surface area (Å²) in [5.74, 6) is 0.644. The number of hydrogen-bond donors (Lipinski definition) is 3. The third kappa shape index (κ3) is 8.04. The topological polar surface area (TPSA) is 143 Å². The number of halogens is 2. The lowest BCUT2D eigenvalue weighted by Crippen LogP contribution is -2.46. The molecule has 4 aromatic rings. The van der Waals surface area contributed by atoms with E-state index in [2.05, 4.69) is 30.8 Å². The van der Waals surface area contributed by atoms with Crippen LogP contribution in [-0.2, 0) is 40.9 Å². The summed E-state index contributed by atoms with van der Waals surface area (Å²) in [5, 5.41) is 10.0. The number of imidazole rings is 1. The Balaban J connectivity index is 1.05. The average Bonchev–Trinajstić information content (AvgIpc) is 3.74. The number of hydrogen-bond acceptors (Lipinski definition) is 9. The Labute approximate surface area is 318 Å². The maximum Gasteiger partial charge on any atom is 0.291 e. The summed E-state index contributed by atoms with van der Waals surface area (Å²) in [6.45, 7) is 5.25. The minimum absolute atomic E-state index is 0.0485. The number of amides is 3. The van der Waals surface area contributed by atoms with Gasteiger partial charge in [-0.15, -0.1) is 0 Å². The number of pyridine rings is 1. The molecule has 2 aromatic heterocycles. The zero-order valence-corrected chi connectivity index (χ0v) is 31.2. The molecule has 2 aromatic carbocycles. The fraction of sp³-hybridized carbons (Fsp3) is 0.395. The van der Waals surface area contributed by atoms with Gasteiger partial charge in [0.15, 0.2) is 5.82 Å². The zero-order valence-electron chi connectivity index (χ0n) is 29.7. The number of carbonyl (C=O) groups excluding carboxylic acids is 3. The number of ether oxygens (including phenoxy) is 2. The normalized spacial score (nSPS) is 17.4. The predicted molar refractivity (Wildman–Crippen MR) is 202 cm³/mol. The third-order valence-corrected chi connectivity index (χ3v) is 10.8. The summed E-state index contributed by atoms with van der Waals surface area (Å²) in [6, 6.07) is 13.1. The van der Waals surface area contributed by atoms with Gasteiger partial charge < -0.3 is 34.9 Å². The first kappa shape index (κ1) is 36.8. The Morgan fingerprint density at radius 2 is 1.87 bits per heavy atom. The van der Waals surface area contributed by atoms with Gasteiger partial charge in [-0.05, 0) is 24.6 Å². The van der Waals surface area contributed by atoms with Crippen molar-refractivity contribution in [2.24, 2.45) is 7.05 Å². The van der Waals surface area contributed by atoms with Crippen LogP contribution in [-0.4, -0.2) is 101 Å². The van der Waals surface area contributed by atoms with E-state index < -0.39 is 5.91 Å². The standard InChI is InChI=1S/C38H42Cl2N8O5/c1-46-30-11-13-48(33(50)22-47-14-16-53-17-15-47)21-29(30)44-37(46)38(51)45-28-5-3-4-26(34(28)39)27-10-12-42-36(35(27)40)23-6-7-24(31(18-23)52-2)19-41-20-25-8-9-32(49)43-25/h3-7,10,12,18,25,41H,8-9,11,13-17,19-22H2,1-2H3,(H,43,49)(H,45,51). The number of nitrogens with one attached hydrogen (secondary N) is 3. The molecule has 1 unspecified atom stereocenters. The highest BCUT2D eigenvalue weighted by Crippen LogP contribution is 2.41. The summed E-state index contributed by atoms with van der Waals surface area (Å²) in [6.07, 6.45) is 3.66. The quantitative estimate of drug-likeness (QED) is 0.204. The third-order valence-electron chi connectivity index (χ3n) is 10.1. The molecule has 3 aliphatic rings. The largest absolute Gasteiger partial charge is 0.496 e. The Bertz CT molecular complexity index is 2030. The second-order valence-electron chi connectivity index (χ2n) is 13.4. The number of morpholine rings is 1. The lowest BCUT2D eigenvalue weighted by Gasteiger charge is -2.31. The molecule has 3 aliphatic heterocycles. The lowest BCUT2D eigenvalue weighted by molar-refractivity contribution is -0.134. The molecule has 1 atom stereocenters. The highest BCUT2D eigenvalue weighted by Gasteiger charge is 2.29. The van der Waals surface area contributed by atoms with Crippen LogP contribution in [0.3, 0.4) is 0 Å². The smallest absolute Gasteiger partial charge is 0.291 e. The molecule has 0 saturated carbocycles. The van der Waals surface area contributed by atoms with Crippen molar-refractivity contribution < 1.29 is 23.9 Å². The van der Waals surface area contributed by atoms with E-state index in [1.807, 2.05) is 36.2 Å². The van der Waals surface area contributed by atoms with Crippen LogP contribution in [0.4, 0.5) is 5.69 Å².